The normalized spacial score (nSPS) is 18.8. The molecule has 0 radical (unpaired) electrons. The minimum absolute atomic E-state index is 0.128. The van der Waals surface area contributed by atoms with E-state index in [1.807, 2.05) is 0 Å². The Bertz CT molecular complexity index is 561. The molecule has 1 aliphatic heterocycles. The average Bonchev–Trinajstić information content (AvgIpc) is 2.52. The van der Waals surface area contributed by atoms with Gasteiger partial charge in [-0.25, -0.2) is 4.79 Å². The van der Waals surface area contributed by atoms with Gasteiger partial charge >= 0.3 is 5.97 Å². The van der Waals surface area contributed by atoms with Crippen molar-refractivity contribution < 1.29 is 19.2 Å². The number of carbonyl (C=O) groups is 1. The third-order valence-corrected chi connectivity index (χ3v) is 3.54. The minimum atomic E-state index is -0.571. The fraction of sp³-hybridized carbons (Fsp3) is 0.562. The quantitative estimate of drug-likeness (QED) is 0.453. The van der Waals surface area contributed by atoms with Crippen LogP contribution in [0.3, 0.4) is 0 Å². The van der Waals surface area contributed by atoms with Crippen molar-refractivity contribution in [2.24, 2.45) is 5.92 Å². The van der Waals surface area contributed by atoms with Crippen LogP contribution in [0, 0.1) is 16.0 Å². The number of morpholine rings is 1. The number of benzene rings is 1. The molecule has 1 aliphatic rings. The molecule has 1 atom stereocenters. The molecule has 126 valence electrons. The Morgan fingerprint density at radius 3 is 3.00 bits per heavy atom. The van der Waals surface area contributed by atoms with Crippen LogP contribution >= 0.6 is 0 Å². The summed E-state index contributed by atoms with van der Waals surface area (Å²) in [6.45, 7) is 7.67. The summed E-state index contributed by atoms with van der Waals surface area (Å²) < 4.78 is 10.9. The standard InChI is InChI=1S/C16H22N2O5/c1-12(2)9-17-6-7-22-15(10-17)11-23-16(19)13-4-3-5-14(8-13)18(20)21/h3-5,8,12,15H,6-7,9-11H2,1-2H3. The molecule has 7 heteroatoms. The van der Waals surface area contributed by atoms with Crippen molar-refractivity contribution in [1.82, 2.24) is 4.90 Å². The van der Waals surface area contributed by atoms with E-state index in [-0.39, 0.29) is 24.0 Å². The average molecular weight is 322 g/mol. The SMILES string of the molecule is CC(C)CN1CCOC(COC(=O)c2cccc([N+](=O)[O-])c2)C1. The van der Waals surface area contributed by atoms with E-state index in [0.717, 1.165) is 19.6 Å². The first-order chi connectivity index (χ1) is 11.0. The first-order valence-electron chi connectivity index (χ1n) is 7.71. The lowest BCUT2D eigenvalue weighted by atomic mass is 10.2. The van der Waals surface area contributed by atoms with E-state index in [1.165, 1.54) is 24.3 Å². The molecule has 1 aromatic carbocycles. The number of hydrogen-bond donors (Lipinski definition) is 0. The van der Waals surface area contributed by atoms with Crippen molar-refractivity contribution in [3.8, 4) is 0 Å². The zero-order valence-corrected chi connectivity index (χ0v) is 13.4. The van der Waals surface area contributed by atoms with E-state index < -0.39 is 10.9 Å². The van der Waals surface area contributed by atoms with Gasteiger partial charge in [0.15, 0.2) is 0 Å². The van der Waals surface area contributed by atoms with Crippen LogP contribution < -0.4 is 0 Å². The summed E-state index contributed by atoms with van der Waals surface area (Å²) in [5, 5.41) is 10.7. The molecule has 1 heterocycles. The summed E-state index contributed by atoms with van der Waals surface area (Å²) in [5.74, 6) is -0.000508. The van der Waals surface area contributed by atoms with E-state index in [9.17, 15) is 14.9 Å². The second-order valence-electron chi connectivity index (χ2n) is 6.05. The molecule has 0 aromatic heterocycles. The van der Waals surface area contributed by atoms with Crippen molar-refractivity contribution in [2.45, 2.75) is 20.0 Å². The highest BCUT2D eigenvalue weighted by molar-refractivity contribution is 5.90. The Hall–Kier alpha value is -1.99. The lowest BCUT2D eigenvalue weighted by molar-refractivity contribution is -0.384. The van der Waals surface area contributed by atoms with Gasteiger partial charge in [0.1, 0.15) is 12.7 Å². The van der Waals surface area contributed by atoms with E-state index in [4.69, 9.17) is 9.47 Å². The van der Waals surface area contributed by atoms with Gasteiger partial charge < -0.3 is 9.47 Å². The zero-order chi connectivity index (χ0) is 16.8. The molecule has 23 heavy (non-hydrogen) atoms. The largest absolute Gasteiger partial charge is 0.459 e. The van der Waals surface area contributed by atoms with Crippen molar-refractivity contribution in [2.75, 3.05) is 32.8 Å². The van der Waals surface area contributed by atoms with Gasteiger partial charge in [0, 0.05) is 31.8 Å². The van der Waals surface area contributed by atoms with Gasteiger partial charge in [0.05, 0.1) is 17.1 Å². The smallest absolute Gasteiger partial charge is 0.338 e. The topological polar surface area (TPSA) is 81.9 Å². The molecule has 7 nitrogen and oxygen atoms in total. The zero-order valence-electron chi connectivity index (χ0n) is 13.4. The number of hydrogen-bond acceptors (Lipinski definition) is 6. The number of nitrogens with zero attached hydrogens (tertiary/aromatic N) is 2. The van der Waals surface area contributed by atoms with E-state index in [0.29, 0.717) is 12.5 Å². The molecule has 0 spiro atoms. The summed E-state index contributed by atoms with van der Waals surface area (Å²) in [6, 6.07) is 5.53. The molecule has 1 unspecified atom stereocenters. The van der Waals surface area contributed by atoms with Crippen LogP contribution in [0.1, 0.15) is 24.2 Å². The maximum absolute atomic E-state index is 12.0. The molecular weight excluding hydrogens is 300 g/mol. The molecule has 1 fully saturated rings. The maximum atomic E-state index is 12.0. The van der Waals surface area contributed by atoms with Gasteiger partial charge in [0.2, 0.25) is 0 Å². The molecule has 2 rings (SSSR count). The highest BCUT2D eigenvalue weighted by Gasteiger charge is 2.23. The van der Waals surface area contributed by atoms with Gasteiger partial charge in [-0.2, -0.15) is 0 Å². The Labute approximate surface area is 135 Å². The Balaban J connectivity index is 1.86. The predicted octanol–water partition coefficient (Wildman–Crippen LogP) is 2.11. The van der Waals surface area contributed by atoms with E-state index in [1.54, 1.807) is 0 Å². The molecule has 0 saturated carbocycles. The van der Waals surface area contributed by atoms with Crippen molar-refractivity contribution in [3.63, 3.8) is 0 Å². The number of carbonyl (C=O) groups excluding carboxylic acids is 1. The molecule has 1 saturated heterocycles. The minimum Gasteiger partial charge on any atom is -0.459 e. The van der Waals surface area contributed by atoms with Crippen LogP contribution in [-0.2, 0) is 9.47 Å². The fourth-order valence-electron chi connectivity index (χ4n) is 2.56. The molecule has 0 amide bonds. The second kappa shape index (κ2) is 8.03. The van der Waals surface area contributed by atoms with Gasteiger partial charge in [-0.3, -0.25) is 15.0 Å². The lowest BCUT2D eigenvalue weighted by Crippen LogP contribution is -2.45. The third kappa shape index (κ3) is 5.30. The van der Waals surface area contributed by atoms with Gasteiger partial charge in [-0.05, 0) is 12.0 Å². The summed E-state index contributed by atoms with van der Waals surface area (Å²) in [4.78, 5) is 24.5. The predicted molar refractivity (Wildman–Crippen MR) is 84.4 cm³/mol. The first-order valence-corrected chi connectivity index (χ1v) is 7.71. The monoisotopic (exact) mass is 322 g/mol. The van der Waals surface area contributed by atoms with Crippen LogP contribution in [0.15, 0.2) is 24.3 Å². The van der Waals surface area contributed by atoms with Crippen molar-refractivity contribution in [3.05, 3.63) is 39.9 Å². The highest BCUT2D eigenvalue weighted by Crippen LogP contribution is 2.15. The molecular formula is C16H22N2O5. The van der Waals surface area contributed by atoms with Crippen LogP contribution in [0.25, 0.3) is 0 Å². The number of nitro benzene ring substituents is 1. The van der Waals surface area contributed by atoms with Crippen LogP contribution in [0.4, 0.5) is 5.69 Å². The molecule has 1 aromatic rings. The molecule has 0 bridgehead atoms. The molecule has 0 aliphatic carbocycles. The first kappa shape index (κ1) is 17.4. The highest BCUT2D eigenvalue weighted by atomic mass is 16.6. The molecule has 0 N–H and O–H groups in total. The second-order valence-corrected chi connectivity index (χ2v) is 6.05. The summed E-state index contributed by atoms with van der Waals surface area (Å²) in [5.41, 5.74) is 0.0468. The van der Waals surface area contributed by atoms with Crippen molar-refractivity contribution in [1.29, 1.82) is 0 Å². The number of esters is 1. The third-order valence-electron chi connectivity index (χ3n) is 3.54. The summed E-state index contributed by atoms with van der Waals surface area (Å²) in [7, 11) is 0. The Morgan fingerprint density at radius 2 is 2.30 bits per heavy atom. The number of ether oxygens (including phenoxy) is 2. The number of nitro groups is 1. The van der Waals surface area contributed by atoms with Gasteiger partial charge in [-0.1, -0.05) is 19.9 Å². The number of non-ortho nitro benzene ring substituents is 1. The van der Waals surface area contributed by atoms with E-state index >= 15 is 0 Å². The van der Waals surface area contributed by atoms with Crippen LogP contribution in [0.2, 0.25) is 0 Å². The van der Waals surface area contributed by atoms with Gasteiger partial charge in [-0.15, -0.1) is 0 Å². The van der Waals surface area contributed by atoms with Crippen LogP contribution in [0.5, 0.6) is 0 Å². The summed E-state index contributed by atoms with van der Waals surface area (Å²) in [6.07, 6.45) is -0.162. The fourth-order valence-corrected chi connectivity index (χ4v) is 2.56. The van der Waals surface area contributed by atoms with Gasteiger partial charge in [0.25, 0.3) is 5.69 Å². The Kier molecular flexibility index (Phi) is 6.06. The van der Waals surface area contributed by atoms with Crippen LogP contribution in [-0.4, -0.2) is 54.7 Å². The van der Waals surface area contributed by atoms with E-state index in [2.05, 4.69) is 18.7 Å². The summed E-state index contributed by atoms with van der Waals surface area (Å²) >= 11 is 0. The number of rotatable bonds is 6. The maximum Gasteiger partial charge on any atom is 0.338 e. The van der Waals surface area contributed by atoms with Crippen molar-refractivity contribution >= 4 is 11.7 Å². The Morgan fingerprint density at radius 1 is 1.52 bits per heavy atom. The lowest BCUT2D eigenvalue weighted by Gasteiger charge is -2.33.